The monoisotopic (exact) mass is 414 g/mol. The molecule has 0 saturated carbocycles. The van der Waals surface area contributed by atoms with Gasteiger partial charge in [-0.3, -0.25) is 4.79 Å². The Balaban J connectivity index is 1.89. The fraction of sp³-hybridized carbons (Fsp3) is 0.0952. The Morgan fingerprint density at radius 3 is 2.52 bits per heavy atom. The molecule has 0 aliphatic carbocycles. The summed E-state index contributed by atoms with van der Waals surface area (Å²) < 4.78 is 19.0. The summed E-state index contributed by atoms with van der Waals surface area (Å²) >= 11 is 5.96. The molecule has 0 saturated heterocycles. The molecule has 3 rings (SSSR count). The summed E-state index contributed by atoms with van der Waals surface area (Å²) in [6.07, 6.45) is 1.23. The molecule has 0 fully saturated rings. The van der Waals surface area contributed by atoms with Crippen LogP contribution in [0.15, 0.2) is 54.7 Å². The van der Waals surface area contributed by atoms with Gasteiger partial charge in [-0.2, -0.15) is 0 Å². The first-order valence-corrected chi connectivity index (χ1v) is 8.89. The molecule has 1 heterocycles. The largest absolute Gasteiger partial charge is 0.477 e. The van der Waals surface area contributed by atoms with E-state index in [1.807, 2.05) is 6.92 Å². The van der Waals surface area contributed by atoms with E-state index in [0.717, 1.165) is 5.56 Å². The molecule has 29 heavy (non-hydrogen) atoms. The molecular formula is C21H16ClFN2O4. The van der Waals surface area contributed by atoms with Gasteiger partial charge in [-0.05, 0) is 60.5 Å². The minimum Gasteiger partial charge on any atom is -0.477 e. The zero-order valence-electron chi connectivity index (χ0n) is 15.3. The number of benzene rings is 2. The number of carboxylic acids is 1. The first-order valence-electron chi connectivity index (χ1n) is 8.51. The number of hydrogen-bond acceptors (Lipinski definition) is 4. The van der Waals surface area contributed by atoms with Crippen LogP contribution in [-0.2, 0) is 6.67 Å². The van der Waals surface area contributed by atoms with Gasteiger partial charge in [0.1, 0.15) is 23.9 Å². The third-order valence-electron chi connectivity index (χ3n) is 4.04. The number of pyridine rings is 1. The normalized spacial score (nSPS) is 10.4. The lowest BCUT2D eigenvalue weighted by Crippen LogP contribution is -2.14. The quantitative estimate of drug-likeness (QED) is 0.574. The van der Waals surface area contributed by atoms with Crippen molar-refractivity contribution in [2.75, 3.05) is 5.32 Å². The van der Waals surface area contributed by atoms with Crippen LogP contribution in [0.1, 0.15) is 32.0 Å². The first kappa shape index (κ1) is 20.3. The SMILES string of the molecule is Cc1cc(Cl)ccc1Oc1ccc(CF)cc1C(=O)Nc1ccc(C(=O)O)nc1. The molecule has 2 N–H and O–H groups in total. The number of aryl methyl sites for hydroxylation is 1. The average molecular weight is 415 g/mol. The standard InChI is InChI=1S/C21H16ClFN2O4/c1-12-8-14(22)3-7-18(12)29-19-6-2-13(10-23)9-16(19)20(26)25-15-4-5-17(21(27)28)24-11-15/h2-9,11H,10H2,1H3,(H,25,26)(H,27,28). The van der Waals surface area contributed by atoms with Crippen LogP contribution in [-0.4, -0.2) is 22.0 Å². The molecular weight excluding hydrogens is 399 g/mol. The summed E-state index contributed by atoms with van der Waals surface area (Å²) in [5.74, 6) is -0.983. The van der Waals surface area contributed by atoms with Gasteiger partial charge in [-0.25, -0.2) is 14.2 Å². The van der Waals surface area contributed by atoms with E-state index in [1.54, 1.807) is 18.2 Å². The molecule has 1 aromatic heterocycles. The van der Waals surface area contributed by atoms with Crippen LogP contribution in [0.4, 0.5) is 10.1 Å². The van der Waals surface area contributed by atoms with E-state index in [9.17, 15) is 14.0 Å². The highest BCUT2D eigenvalue weighted by Gasteiger charge is 2.16. The van der Waals surface area contributed by atoms with Crippen molar-refractivity contribution in [1.29, 1.82) is 0 Å². The van der Waals surface area contributed by atoms with Gasteiger partial charge in [-0.1, -0.05) is 17.7 Å². The molecule has 6 nitrogen and oxygen atoms in total. The number of aromatic carboxylic acids is 1. The lowest BCUT2D eigenvalue weighted by molar-refractivity contribution is 0.0690. The lowest BCUT2D eigenvalue weighted by Gasteiger charge is -2.14. The number of ether oxygens (including phenoxy) is 1. The number of anilines is 1. The summed E-state index contributed by atoms with van der Waals surface area (Å²) in [5, 5.41) is 12.1. The van der Waals surface area contributed by atoms with Crippen molar-refractivity contribution < 1.29 is 23.8 Å². The van der Waals surface area contributed by atoms with Crippen molar-refractivity contribution in [1.82, 2.24) is 4.98 Å². The van der Waals surface area contributed by atoms with Gasteiger partial charge in [0.2, 0.25) is 0 Å². The van der Waals surface area contributed by atoms with E-state index in [-0.39, 0.29) is 17.0 Å². The third kappa shape index (κ3) is 4.89. The van der Waals surface area contributed by atoms with Crippen molar-refractivity contribution in [2.24, 2.45) is 0 Å². The Morgan fingerprint density at radius 2 is 1.90 bits per heavy atom. The van der Waals surface area contributed by atoms with Crippen LogP contribution in [0.3, 0.4) is 0 Å². The summed E-state index contributed by atoms with van der Waals surface area (Å²) in [7, 11) is 0. The molecule has 0 aliphatic rings. The number of amides is 1. The number of nitrogens with one attached hydrogen (secondary N) is 1. The topological polar surface area (TPSA) is 88.5 Å². The molecule has 0 bridgehead atoms. The maximum atomic E-state index is 13.1. The number of alkyl halides is 1. The fourth-order valence-corrected chi connectivity index (χ4v) is 2.79. The first-order chi connectivity index (χ1) is 13.9. The highest BCUT2D eigenvalue weighted by molar-refractivity contribution is 6.30. The summed E-state index contributed by atoms with van der Waals surface area (Å²) in [4.78, 5) is 27.4. The maximum absolute atomic E-state index is 13.1. The molecule has 0 aliphatic heterocycles. The lowest BCUT2D eigenvalue weighted by atomic mass is 10.1. The van der Waals surface area contributed by atoms with Crippen molar-refractivity contribution in [3.05, 3.63) is 82.1 Å². The Hall–Kier alpha value is -3.45. The number of carbonyl (C=O) groups excluding carboxylic acids is 1. The van der Waals surface area contributed by atoms with Crippen LogP contribution < -0.4 is 10.1 Å². The Morgan fingerprint density at radius 1 is 1.14 bits per heavy atom. The van der Waals surface area contributed by atoms with E-state index in [4.69, 9.17) is 21.4 Å². The van der Waals surface area contributed by atoms with Crippen LogP contribution >= 0.6 is 11.6 Å². The summed E-state index contributed by atoms with van der Waals surface area (Å²) in [6.45, 7) is 1.07. The summed E-state index contributed by atoms with van der Waals surface area (Å²) in [6, 6.07) is 12.2. The molecule has 8 heteroatoms. The number of aromatic nitrogens is 1. The minimum absolute atomic E-state index is 0.122. The van der Waals surface area contributed by atoms with Gasteiger partial charge in [0.25, 0.3) is 5.91 Å². The number of hydrogen-bond donors (Lipinski definition) is 2. The van der Waals surface area contributed by atoms with Crippen molar-refractivity contribution in [2.45, 2.75) is 13.6 Å². The van der Waals surface area contributed by atoms with Gasteiger partial charge < -0.3 is 15.2 Å². The average Bonchev–Trinajstić information content (AvgIpc) is 2.70. The van der Waals surface area contributed by atoms with E-state index >= 15 is 0 Å². The molecule has 2 aromatic carbocycles. The number of carboxylic acid groups (broad SMARTS) is 1. The van der Waals surface area contributed by atoms with Crippen molar-refractivity contribution >= 4 is 29.2 Å². The van der Waals surface area contributed by atoms with Gasteiger partial charge in [0, 0.05) is 5.02 Å². The van der Waals surface area contributed by atoms with E-state index in [2.05, 4.69) is 10.3 Å². The maximum Gasteiger partial charge on any atom is 0.354 e. The van der Waals surface area contributed by atoms with E-state index in [0.29, 0.717) is 22.0 Å². The number of rotatable bonds is 6. The zero-order valence-corrected chi connectivity index (χ0v) is 16.0. The number of halogens is 2. The van der Waals surface area contributed by atoms with Crippen molar-refractivity contribution in [3.8, 4) is 11.5 Å². The third-order valence-corrected chi connectivity index (χ3v) is 4.28. The molecule has 148 valence electrons. The zero-order chi connectivity index (χ0) is 21.0. The van der Waals surface area contributed by atoms with Crippen LogP contribution in [0.2, 0.25) is 5.02 Å². The van der Waals surface area contributed by atoms with E-state index < -0.39 is 18.6 Å². The molecule has 0 unspecified atom stereocenters. The Kier molecular flexibility index (Phi) is 6.09. The predicted molar refractivity (Wildman–Crippen MR) is 107 cm³/mol. The Bertz CT molecular complexity index is 1070. The van der Waals surface area contributed by atoms with Gasteiger partial charge in [0.15, 0.2) is 0 Å². The molecule has 0 spiro atoms. The van der Waals surface area contributed by atoms with Crippen LogP contribution in [0.25, 0.3) is 0 Å². The van der Waals surface area contributed by atoms with Crippen LogP contribution in [0.5, 0.6) is 11.5 Å². The smallest absolute Gasteiger partial charge is 0.354 e. The van der Waals surface area contributed by atoms with Gasteiger partial charge in [0.05, 0.1) is 17.4 Å². The fourth-order valence-electron chi connectivity index (χ4n) is 2.57. The number of nitrogens with zero attached hydrogens (tertiary/aromatic N) is 1. The predicted octanol–water partition coefficient (Wildman–Crippen LogP) is 5.26. The highest BCUT2D eigenvalue weighted by atomic mass is 35.5. The second-order valence-corrected chi connectivity index (χ2v) is 6.60. The highest BCUT2D eigenvalue weighted by Crippen LogP contribution is 2.31. The van der Waals surface area contributed by atoms with Crippen LogP contribution in [0, 0.1) is 6.92 Å². The molecule has 0 atom stereocenters. The number of carbonyl (C=O) groups is 2. The Labute approximate surface area is 170 Å². The van der Waals surface area contributed by atoms with Crippen molar-refractivity contribution in [3.63, 3.8) is 0 Å². The molecule has 3 aromatic rings. The molecule has 1 amide bonds. The van der Waals surface area contributed by atoms with Gasteiger partial charge >= 0.3 is 5.97 Å². The summed E-state index contributed by atoms with van der Waals surface area (Å²) in [5.41, 5.74) is 1.35. The molecule has 0 radical (unpaired) electrons. The second-order valence-electron chi connectivity index (χ2n) is 6.17. The minimum atomic E-state index is -1.17. The second kappa shape index (κ2) is 8.70. The van der Waals surface area contributed by atoms with Gasteiger partial charge in [-0.15, -0.1) is 0 Å². The van der Waals surface area contributed by atoms with E-state index in [1.165, 1.54) is 36.5 Å².